The minimum Gasteiger partial charge on any atom is -0.404 e. The van der Waals surface area contributed by atoms with Crippen LogP contribution in [-0.4, -0.2) is 33.3 Å². The number of pyridine rings is 2. The van der Waals surface area contributed by atoms with Crippen LogP contribution in [0.1, 0.15) is 30.7 Å². The number of fused-ring (bicyclic) bond motifs is 1. The predicted octanol–water partition coefficient (Wildman–Crippen LogP) is 2.83. The summed E-state index contributed by atoms with van der Waals surface area (Å²) in [4.78, 5) is 10.8. The number of halogens is 1. The van der Waals surface area contributed by atoms with Crippen LogP contribution in [0.25, 0.3) is 16.6 Å². The first-order valence-electron chi connectivity index (χ1n) is 8.41. The van der Waals surface area contributed by atoms with Crippen molar-refractivity contribution < 1.29 is 4.39 Å². The molecule has 0 amide bonds. The Morgan fingerprint density at radius 1 is 1.24 bits per heavy atom. The van der Waals surface area contributed by atoms with Gasteiger partial charge in [-0.15, -0.1) is 0 Å². The van der Waals surface area contributed by atoms with Crippen LogP contribution >= 0.6 is 0 Å². The summed E-state index contributed by atoms with van der Waals surface area (Å²) >= 11 is 0. The summed E-state index contributed by atoms with van der Waals surface area (Å²) in [5, 5.41) is 7.99. The number of nitrogens with two attached hydrogens (primary N) is 1. The Balaban J connectivity index is 1.78. The quantitative estimate of drug-likeness (QED) is 0.767. The van der Waals surface area contributed by atoms with Gasteiger partial charge in [0.1, 0.15) is 5.69 Å². The van der Waals surface area contributed by atoms with Crippen molar-refractivity contribution in [3.63, 3.8) is 0 Å². The Bertz CT molecular complexity index is 912. The highest BCUT2D eigenvalue weighted by Crippen LogP contribution is 2.30. The molecule has 0 aliphatic carbocycles. The second-order valence-electron chi connectivity index (χ2n) is 6.11. The topological polar surface area (TPSA) is 83.7 Å². The molecule has 4 heterocycles. The van der Waals surface area contributed by atoms with E-state index in [1.165, 1.54) is 18.7 Å². The van der Waals surface area contributed by atoms with Crippen molar-refractivity contribution in [2.45, 2.75) is 19.3 Å². The van der Waals surface area contributed by atoms with Crippen LogP contribution in [0.15, 0.2) is 36.7 Å². The number of aromatic amines is 1. The van der Waals surface area contributed by atoms with Crippen LogP contribution in [0.5, 0.6) is 0 Å². The van der Waals surface area contributed by atoms with Crippen LogP contribution in [-0.2, 0) is 0 Å². The number of piperidine rings is 1. The van der Waals surface area contributed by atoms with E-state index in [-0.39, 0.29) is 5.69 Å². The first-order valence-corrected chi connectivity index (χ1v) is 8.41. The highest BCUT2D eigenvalue weighted by Gasteiger charge is 2.21. The molecule has 0 radical (unpaired) electrons. The van der Waals surface area contributed by atoms with Gasteiger partial charge in [-0.3, -0.25) is 10.1 Å². The fourth-order valence-electron chi connectivity index (χ4n) is 3.25. The molecule has 0 saturated carbocycles. The van der Waals surface area contributed by atoms with Gasteiger partial charge in [-0.25, -0.2) is 9.37 Å². The largest absolute Gasteiger partial charge is 0.404 e. The standard InChI is InChI=1S/C18H19FN6/c19-14-10-12-17(23-24-18(12)25-8-4-1-5-9-25)22-16(14)13(11-20)15-6-2-3-7-21-15/h2-3,6-7,10-11H,1,4-5,8-9,20H2,(H,22,23,24). The monoisotopic (exact) mass is 338 g/mol. The molecule has 3 aromatic rings. The lowest BCUT2D eigenvalue weighted by Crippen LogP contribution is -2.29. The van der Waals surface area contributed by atoms with Crippen molar-refractivity contribution in [3.8, 4) is 0 Å². The third-order valence-corrected chi connectivity index (χ3v) is 4.50. The number of rotatable bonds is 3. The van der Waals surface area contributed by atoms with Crippen molar-refractivity contribution in [3.05, 3.63) is 53.9 Å². The maximum atomic E-state index is 14.8. The number of nitrogens with one attached hydrogen (secondary N) is 1. The molecule has 1 aliphatic rings. The summed E-state index contributed by atoms with van der Waals surface area (Å²) in [6, 6.07) is 6.88. The maximum Gasteiger partial charge on any atom is 0.160 e. The summed E-state index contributed by atoms with van der Waals surface area (Å²) in [5.74, 6) is 0.332. The van der Waals surface area contributed by atoms with Crippen molar-refractivity contribution in [2.75, 3.05) is 18.0 Å². The van der Waals surface area contributed by atoms with E-state index in [2.05, 4.69) is 25.1 Å². The average molecular weight is 338 g/mol. The van der Waals surface area contributed by atoms with Gasteiger partial charge in [0.2, 0.25) is 0 Å². The summed E-state index contributed by atoms with van der Waals surface area (Å²) in [6.45, 7) is 1.87. The molecule has 1 aliphatic heterocycles. The summed E-state index contributed by atoms with van der Waals surface area (Å²) < 4.78 is 14.8. The van der Waals surface area contributed by atoms with E-state index in [4.69, 9.17) is 5.73 Å². The summed E-state index contributed by atoms with van der Waals surface area (Å²) in [7, 11) is 0. The van der Waals surface area contributed by atoms with Gasteiger partial charge in [-0.1, -0.05) is 6.07 Å². The number of hydrogen-bond donors (Lipinski definition) is 2. The van der Waals surface area contributed by atoms with Gasteiger partial charge >= 0.3 is 0 Å². The fourth-order valence-corrected chi connectivity index (χ4v) is 3.25. The van der Waals surface area contributed by atoms with Gasteiger partial charge in [0, 0.05) is 31.1 Å². The molecule has 0 aromatic carbocycles. The molecule has 4 rings (SSSR count). The lowest BCUT2D eigenvalue weighted by Gasteiger charge is -2.26. The van der Waals surface area contributed by atoms with E-state index >= 15 is 0 Å². The molecule has 25 heavy (non-hydrogen) atoms. The smallest absolute Gasteiger partial charge is 0.160 e. The molecule has 6 nitrogen and oxygen atoms in total. The minimum atomic E-state index is -0.436. The molecular weight excluding hydrogens is 319 g/mol. The normalized spacial score (nSPS) is 15.7. The maximum absolute atomic E-state index is 14.8. The average Bonchev–Trinajstić information content (AvgIpc) is 3.07. The Kier molecular flexibility index (Phi) is 4.05. The molecule has 1 fully saturated rings. The van der Waals surface area contributed by atoms with Gasteiger partial charge in [0.15, 0.2) is 17.3 Å². The lowest BCUT2D eigenvalue weighted by atomic mass is 10.1. The third kappa shape index (κ3) is 2.82. The first kappa shape index (κ1) is 15.6. The fraction of sp³-hybridized carbons (Fsp3) is 0.278. The summed E-state index contributed by atoms with van der Waals surface area (Å²) in [5.41, 5.74) is 7.47. The first-order chi connectivity index (χ1) is 12.3. The Morgan fingerprint density at radius 3 is 2.80 bits per heavy atom. The number of aromatic nitrogens is 4. The molecule has 3 aromatic heterocycles. The van der Waals surface area contributed by atoms with E-state index in [1.54, 1.807) is 18.3 Å². The highest BCUT2D eigenvalue weighted by atomic mass is 19.1. The van der Waals surface area contributed by atoms with Gasteiger partial charge in [0.05, 0.1) is 11.1 Å². The number of hydrogen-bond acceptors (Lipinski definition) is 5. The van der Waals surface area contributed by atoms with E-state index in [9.17, 15) is 4.39 Å². The third-order valence-electron chi connectivity index (χ3n) is 4.50. The highest BCUT2D eigenvalue weighted by molar-refractivity contribution is 5.90. The SMILES string of the molecule is NC=C(c1ccccn1)c1nc2[nH]nc(N3CCCCC3)c2cc1F. The van der Waals surface area contributed by atoms with Crippen molar-refractivity contribution in [1.29, 1.82) is 0 Å². The molecule has 1 saturated heterocycles. The van der Waals surface area contributed by atoms with Crippen LogP contribution in [0, 0.1) is 5.82 Å². The van der Waals surface area contributed by atoms with Crippen LogP contribution < -0.4 is 10.6 Å². The molecule has 128 valence electrons. The van der Waals surface area contributed by atoms with E-state index in [1.807, 2.05) is 6.07 Å². The second-order valence-corrected chi connectivity index (χ2v) is 6.11. The van der Waals surface area contributed by atoms with E-state index in [0.717, 1.165) is 31.7 Å². The molecule has 0 bridgehead atoms. The van der Waals surface area contributed by atoms with Gasteiger partial charge in [-0.05, 0) is 37.5 Å². The zero-order valence-corrected chi connectivity index (χ0v) is 13.7. The molecule has 0 unspecified atom stereocenters. The molecular formula is C18H19FN6. The number of nitrogens with zero attached hydrogens (tertiary/aromatic N) is 4. The Labute approximate surface area is 144 Å². The Morgan fingerprint density at radius 2 is 2.08 bits per heavy atom. The van der Waals surface area contributed by atoms with Gasteiger partial charge in [0.25, 0.3) is 0 Å². The predicted molar refractivity (Wildman–Crippen MR) is 95.4 cm³/mol. The van der Waals surface area contributed by atoms with Gasteiger partial charge < -0.3 is 10.6 Å². The van der Waals surface area contributed by atoms with Crippen LogP contribution in [0.2, 0.25) is 0 Å². The molecule has 7 heteroatoms. The zero-order chi connectivity index (χ0) is 17.2. The summed E-state index contributed by atoms with van der Waals surface area (Å²) in [6.07, 6.45) is 6.45. The number of anilines is 1. The Hall–Kier alpha value is -2.96. The van der Waals surface area contributed by atoms with Crippen molar-refractivity contribution >= 4 is 22.4 Å². The van der Waals surface area contributed by atoms with Crippen molar-refractivity contribution in [1.82, 2.24) is 20.2 Å². The van der Waals surface area contributed by atoms with Crippen LogP contribution in [0.3, 0.4) is 0 Å². The van der Waals surface area contributed by atoms with Gasteiger partial charge in [-0.2, -0.15) is 5.10 Å². The lowest BCUT2D eigenvalue weighted by molar-refractivity contribution is 0.574. The zero-order valence-electron chi connectivity index (χ0n) is 13.7. The van der Waals surface area contributed by atoms with E-state index < -0.39 is 5.82 Å². The van der Waals surface area contributed by atoms with Crippen molar-refractivity contribution in [2.24, 2.45) is 5.73 Å². The minimum absolute atomic E-state index is 0.169. The van der Waals surface area contributed by atoms with Crippen LogP contribution in [0.4, 0.5) is 10.2 Å². The molecule has 3 N–H and O–H groups in total. The van der Waals surface area contributed by atoms with E-state index in [0.29, 0.717) is 22.3 Å². The second kappa shape index (κ2) is 6.51. The number of H-pyrrole nitrogens is 1. The molecule has 0 spiro atoms. The molecule has 0 atom stereocenters.